The summed E-state index contributed by atoms with van der Waals surface area (Å²) in [6.07, 6.45) is 5.24. The molecule has 0 bridgehead atoms. The molecule has 1 atom stereocenters. The van der Waals surface area contributed by atoms with Crippen molar-refractivity contribution in [1.82, 2.24) is 10.6 Å². The van der Waals surface area contributed by atoms with E-state index in [-0.39, 0.29) is 0 Å². The Morgan fingerprint density at radius 1 is 1.32 bits per heavy atom. The summed E-state index contributed by atoms with van der Waals surface area (Å²) in [6, 6.07) is 8.60. The molecule has 0 saturated heterocycles. The van der Waals surface area contributed by atoms with Crippen molar-refractivity contribution in [3.63, 3.8) is 0 Å². The molecule has 1 aromatic carbocycles. The smallest absolute Gasteiger partial charge is 0.192 e. The topological polar surface area (TPSA) is 36.4 Å². The zero-order chi connectivity index (χ0) is 14.1. The maximum absolute atomic E-state index is 5.24. The molecule has 0 fully saturated rings. The van der Waals surface area contributed by atoms with E-state index in [0.29, 0.717) is 12.5 Å². The lowest BCUT2D eigenvalue weighted by Gasteiger charge is -2.12. The molecular formula is C16H23N3. The molecule has 3 nitrogen and oxygen atoms in total. The van der Waals surface area contributed by atoms with Gasteiger partial charge in [0.15, 0.2) is 5.96 Å². The van der Waals surface area contributed by atoms with Crippen molar-refractivity contribution in [3.8, 4) is 12.3 Å². The van der Waals surface area contributed by atoms with Gasteiger partial charge in [-0.1, -0.05) is 42.7 Å². The van der Waals surface area contributed by atoms with Crippen LogP contribution in [0.3, 0.4) is 0 Å². The fourth-order valence-electron chi connectivity index (χ4n) is 1.71. The lowest BCUT2D eigenvalue weighted by molar-refractivity contribution is 0.757. The van der Waals surface area contributed by atoms with Gasteiger partial charge in [-0.25, -0.2) is 0 Å². The van der Waals surface area contributed by atoms with E-state index in [0.717, 1.165) is 19.0 Å². The fourth-order valence-corrected chi connectivity index (χ4v) is 1.71. The molecule has 2 N–H and O–H groups in total. The van der Waals surface area contributed by atoms with Crippen LogP contribution >= 0.6 is 0 Å². The highest BCUT2D eigenvalue weighted by molar-refractivity contribution is 5.80. The van der Waals surface area contributed by atoms with E-state index in [1.165, 1.54) is 11.1 Å². The molecule has 102 valence electrons. The van der Waals surface area contributed by atoms with Crippen LogP contribution in [0.4, 0.5) is 0 Å². The molecular weight excluding hydrogens is 234 g/mol. The largest absolute Gasteiger partial charge is 0.357 e. The highest BCUT2D eigenvalue weighted by Crippen LogP contribution is 2.15. The van der Waals surface area contributed by atoms with E-state index in [1.54, 1.807) is 0 Å². The highest BCUT2D eigenvalue weighted by Gasteiger charge is 2.05. The number of aliphatic imine (C=N–C) groups is 1. The van der Waals surface area contributed by atoms with Gasteiger partial charge in [0.2, 0.25) is 0 Å². The number of nitrogens with zero attached hydrogens (tertiary/aromatic N) is 1. The molecule has 0 aliphatic heterocycles. The number of benzene rings is 1. The van der Waals surface area contributed by atoms with Gasteiger partial charge in [0.1, 0.15) is 0 Å². The third kappa shape index (κ3) is 5.48. The number of nitrogens with one attached hydrogen (secondary N) is 2. The van der Waals surface area contributed by atoms with Crippen LogP contribution < -0.4 is 10.6 Å². The van der Waals surface area contributed by atoms with E-state index in [9.17, 15) is 0 Å². The lowest BCUT2D eigenvalue weighted by atomic mass is 10.0. The number of hydrogen-bond donors (Lipinski definition) is 2. The first-order chi connectivity index (χ1) is 9.17. The third-order valence-corrected chi connectivity index (χ3v) is 2.87. The monoisotopic (exact) mass is 257 g/mol. The number of hydrogen-bond acceptors (Lipinski definition) is 1. The second kappa shape index (κ2) is 8.20. The van der Waals surface area contributed by atoms with Crippen LogP contribution in [-0.4, -0.2) is 25.6 Å². The first-order valence-electron chi connectivity index (χ1n) is 6.69. The maximum atomic E-state index is 5.24. The van der Waals surface area contributed by atoms with Gasteiger partial charge in [0.25, 0.3) is 0 Å². The second-order valence-corrected chi connectivity index (χ2v) is 4.59. The van der Waals surface area contributed by atoms with Crippen molar-refractivity contribution in [2.45, 2.75) is 26.7 Å². The van der Waals surface area contributed by atoms with Crippen molar-refractivity contribution in [2.24, 2.45) is 4.99 Å². The summed E-state index contributed by atoms with van der Waals surface area (Å²) in [5, 5.41) is 6.27. The Morgan fingerprint density at radius 2 is 2.00 bits per heavy atom. The Kier molecular flexibility index (Phi) is 6.52. The van der Waals surface area contributed by atoms with Gasteiger partial charge in [-0.15, -0.1) is 6.42 Å². The summed E-state index contributed by atoms with van der Waals surface area (Å²) >= 11 is 0. The normalized spacial score (nSPS) is 12.6. The van der Waals surface area contributed by atoms with Crippen LogP contribution in [0.5, 0.6) is 0 Å². The molecule has 0 amide bonds. The minimum Gasteiger partial charge on any atom is -0.357 e. The van der Waals surface area contributed by atoms with Gasteiger partial charge in [0, 0.05) is 19.0 Å². The summed E-state index contributed by atoms with van der Waals surface area (Å²) in [7, 11) is 0. The van der Waals surface area contributed by atoms with E-state index in [4.69, 9.17) is 6.42 Å². The molecule has 0 heterocycles. The van der Waals surface area contributed by atoms with E-state index < -0.39 is 0 Å². The Hall–Kier alpha value is -1.95. The molecule has 3 heteroatoms. The average molecular weight is 257 g/mol. The average Bonchev–Trinajstić information content (AvgIpc) is 2.42. The first-order valence-corrected chi connectivity index (χ1v) is 6.69. The predicted octanol–water partition coefficient (Wildman–Crippen LogP) is 2.29. The summed E-state index contributed by atoms with van der Waals surface area (Å²) in [5.41, 5.74) is 2.59. The van der Waals surface area contributed by atoms with Crippen LogP contribution in [0, 0.1) is 19.3 Å². The quantitative estimate of drug-likeness (QED) is 0.482. The van der Waals surface area contributed by atoms with Crippen LogP contribution in [-0.2, 0) is 0 Å². The fraction of sp³-hybridized carbons (Fsp3) is 0.438. The lowest BCUT2D eigenvalue weighted by Crippen LogP contribution is -2.37. The zero-order valence-electron chi connectivity index (χ0n) is 12.0. The Balaban J connectivity index is 2.60. The molecule has 0 radical (unpaired) electrons. The first kappa shape index (κ1) is 15.1. The molecule has 1 aromatic rings. The number of aryl methyl sites for hydroxylation is 1. The second-order valence-electron chi connectivity index (χ2n) is 4.59. The zero-order valence-corrected chi connectivity index (χ0v) is 12.0. The van der Waals surface area contributed by atoms with E-state index >= 15 is 0 Å². The van der Waals surface area contributed by atoms with Crippen LogP contribution in [0.15, 0.2) is 29.3 Å². The summed E-state index contributed by atoms with van der Waals surface area (Å²) in [4.78, 5) is 4.55. The van der Waals surface area contributed by atoms with Gasteiger partial charge >= 0.3 is 0 Å². The molecule has 0 saturated carbocycles. The highest BCUT2D eigenvalue weighted by atomic mass is 15.2. The van der Waals surface area contributed by atoms with Gasteiger partial charge in [0.05, 0.1) is 6.54 Å². The molecule has 0 spiro atoms. The third-order valence-electron chi connectivity index (χ3n) is 2.87. The minimum atomic E-state index is 0.391. The Morgan fingerprint density at radius 3 is 2.58 bits per heavy atom. The standard InChI is InChI=1S/C16H23N3/c1-5-11-18-16(17-6-2)19-12-14(4)15-9-7-13(3)8-10-15/h1,7-10,14H,6,11-12H2,2-4H3,(H2,17,18,19). The van der Waals surface area contributed by atoms with Crippen molar-refractivity contribution < 1.29 is 0 Å². The van der Waals surface area contributed by atoms with E-state index in [2.05, 4.69) is 59.7 Å². The summed E-state index contributed by atoms with van der Waals surface area (Å²) in [5.74, 6) is 3.72. The SMILES string of the molecule is C#CCNC(=NCC(C)c1ccc(C)cc1)NCC. The molecule has 1 rings (SSSR count). The van der Waals surface area contributed by atoms with Gasteiger partial charge in [-0.05, 0) is 19.4 Å². The van der Waals surface area contributed by atoms with Crippen molar-refractivity contribution >= 4 is 5.96 Å². The van der Waals surface area contributed by atoms with Crippen molar-refractivity contribution in [3.05, 3.63) is 35.4 Å². The molecule has 19 heavy (non-hydrogen) atoms. The van der Waals surface area contributed by atoms with Crippen LogP contribution in [0.2, 0.25) is 0 Å². The predicted molar refractivity (Wildman–Crippen MR) is 82.4 cm³/mol. The molecule has 1 unspecified atom stereocenters. The van der Waals surface area contributed by atoms with Gasteiger partial charge in [-0.2, -0.15) is 0 Å². The van der Waals surface area contributed by atoms with Crippen LogP contribution in [0.25, 0.3) is 0 Å². The van der Waals surface area contributed by atoms with Crippen molar-refractivity contribution in [1.29, 1.82) is 0 Å². The Labute approximate surface area is 116 Å². The molecule has 0 aliphatic rings. The number of terminal acetylenes is 1. The summed E-state index contributed by atoms with van der Waals surface area (Å²) < 4.78 is 0. The number of guanidine groups is 1. The van der Waals surface area contributed by atoms with Gasteiger partial charge in [-0.3, -0.25) is 4.99 Å². The van der Waals surface area contributed by atoms with Gasteiger partial charge < -0.3 is 10.6 Å². The Bertz CT molecular complexity index is 440. The summed E-state index contributed by atoms with van der Waals surface area (Å²) in [6.45, 7) is 8.37. The van der Waals surface area contributed by atoms with Crippen LogP contribution in [0.1, 0.15) is 30.9 Å². The van der Waals surface area contributed by atoms with E-state index in [1.807, 2.05) is 6.92 Å². The molecule has 0 aliphatic carbocycles. The number of rotatable bonds is 5. The minimum absolute atomic E-state index is 0.391. The maximum Gasteiger partial charge on any atom is 0.192 e. The van der Waals surface area contributed by atoms with Crippen molar-refractivity contribution in [2.75, 3.05) is 19.6 Å². The molecule has 0 aromatic heterocycles.